The van der Waals surface area contributed by atoms with Crippen LogP contribution in [0, 0.1) is 0 Å². The first-order valence-electron chi connectivity index (χ1n) is 8.99. The van der Waals surface area contributed by atoms with Gasteiger partial charge in [-0.2, -0.15) is 0 Å². The highest BCUT2D eigenvalue weighted by atomic mass is 16.4. The molecule has 2 atom stereocenters. The highest BCUT2D eigenvalue weighted by molar-refractivity contribution is 5.89. The SMILES string of the molecule is O=C(O)C1=CC(=CCNC(Cc2c[nH]c3ccccc23)C(=O)O)CC(C(=O)O)N1. The zero-order valence-electron chi connectivity index (χ0n) is 15.4. The summed E-state index contributed by atoms with van der Waals surface area (Å²) < 4.78 is 0. The number of carboxylic acid groups (broad SMARTS) is 3. The van der Waals surface area contributed by atoms with Gasteiger partial charge in [-0.1, -0.05) is 24.3 Å². The van der Waals surface area contributed by atoms with Gasteiger partial charge in [-0.15, -0.1) is 0 Å². The van der Waals surface area contributed by atoms with Crippen LogP contribution < -0.4 is 10.6 Å². The summed E-state index contributed by atoms with van der Waals surface area (Å²) in [5.74, 6) is -3.42. The molecule has 0 radical (unpaired) electrons. The Balaban J connectivity index is 1.70. The number of para-hydroxylation sites is 1. The number of fused-ring (bicyclic) bond motifs is 1. The summed E-state index contributed by atoms with van der Waals surface area (Å²) in [4.78, 5) is 37.2. The molecule has 152 valence electrons. The number of aromatic nitrogens is 1. The average Bonchev–Trinajstić information content (AvgIpc) is 3.09. The lowest BCUT2D eigenvalue weighted by atomic mass is 9.99. The van der Waals surface area contributed by atoms with Gasteiger partial charge in [0.2, 0.25) is 0 Å². The fourth-order valence-corrected chi connectivity index (χ4v) is 3.27. The van der Waals surface area contributed by atoms with Crippen LogP contribution in [-0.4, -0.2) is 56.8 Å². The lowest BCUT2D eigenvalue weighted by Gasteiger charge is -2.22. The predicted octanol–water partition coefficient (Wildman–Crippen LogP) is 1.09. The molecule has 6 N–H and O–H groups in total. The lowest BCUT2D eigenvalue weighted by molar-refractivity contribution is -0.140. The molecule has 1 aromatic carbocycles. The van der Waals surface area contributed by atoms with Gasteiger partial charge < -0.3 is 30.9 Å². The van der Waals surface area contributed by atoms with Crippen LogP contribution in [0.5, 0.6) is 0 Å². The van der Waals surface area contributed by atoms with Crippen molar-refractivity contribution in [2.45, 2.75) is 24.9 Å². The van der Waals surface area contributed by atoms with Crippen molar-refractivity contribution in [2.75, 3.05) is 6.54 Å². The van der Waals surface area contributed by atoms with E-state index in [0.29, 0.717) is 5.57 Å². The molecular weight excluding hydrogens is 378 g/mol. The number of hydrogen-bond acceptors (Lipinski definition) is 5. The maximum absolute atomic E-state index is 11.7. The number of carbonyl (C=O) groups is 3. The molecule has 0 amide bonds. The summed E-state index contributed by atoms with van der Waals surface area (Å²) in [6.07, 6.45) is 5.13. The first kappa shape index (κ1) is 20.2. The van der Waals surface area contributed by atoms with Gasteiger partial charge in [0.05, 0.1) is 0 Å². The Hall–Kier alpha value is -3.59. The minimum Gasteiger partial charge on any atom is -0.480 e. The summed E-state index contributed by atoms with van der Waals surface area (Å²) in [5, 5.41) is 34.2. The summed E-state index contributed by atoms with van der Waals surface area (Å²) in [6, 6.07) is 5.71. The number of aliphatic carboxylic acids is 3. The number of aromatic amines is 1. The standard InChI is InChI=1S/C20H21N3O6/c24-18(25)15(9-12-10-22-14-4-2-1-3-13(12)14)21-6-5-11-7-16(19(26)27)23-17(8-11)20(28)29/h1-5,7,10,15,17,21-23H,6,8-9H2,(H,24,25)(H,26,27)(H,28,29). The zero-order valence-corrected chi connectivity index (χ0v) is 15.4. The summed E-state index contributed by atoms with van der Waals surface area (Å²) in [7, 11) is 0. The van der Waals surface area contributed by atoms with E-state index >= 15 is 0 Å². The second-order valence-corrected chi connectivity index (χ2v) is 6.74. The topological polar surface area (TPSA) is 152 Å². The molecule has 9 heteroatoms. The van der Waals surface area contributed by atoms with E-state index in [1.165, 1.54) is 6.08 Å². The fraction of sp³-hybridized carbons (Fsp3) is 0.250. The number of H-pyrrole nitrogens is 1. The second kappa shape index (κ2) is 8.61. The number of benzene rings is 1. The van der Waals surface area contributed by atoms with Crippen molar-refractivity contribution >= 4 is 28.8 Å². The monoisotopic (exact) mass is 399 g/mol. The van der Waals surface area contributed by atoms with Gasteiger partial charge in [-0.3, -0.25) is 4.79 Å². The third-order valence-electron chi connectivity index (χ3n) is 4.75. The van der Waals surface area contributed by atoms with Gasteiger partial charge in [-0.05, 0) is 23.3 Å². The first-order chi connectivity index (χ1) is 13.8. The zero-order chi connectivity index (χ0) is 21.0. The minimum absolute atomic E-state index is 0.105. The molecule has 9 nitrogen and oxygen atoms in total. The van der Waals surface area contributed by atoms with E-state index in [9.17, 15) is 19.5 Å². The van der Waals surface area contributed by atoms with Crippen molar-refractivity contribution in [1.29, 1.82) is 0 Å². The highest BCUT2D eigenvalue weighted by Crippen LogP contribution is 2.20. The lowest BCUT2D eigenvalue weighted by Crippen LogP contribution is -2.41. The maximum atomic E-state index is 11.7. The number of rotatable bonds is 8. The van der Waals surface area contributed by atoms with Crippen molar-refractivity contribution in [3.05, 3.63) is 59.4 Å². The molecule has 1 aliphatic rings. The van der Waals surface area contributed by atoms with Gasteiger partial charge in [-0.25, -0.2) is 9.59 Å². The van der Waals surface area contributed by atoms with Gasteiger partial charge >= 0.3 is 17.9 Å². The largest absolute Gasteiger partial charge is 0.480 e. The van der Waals surface area contributed by atoms with Gasteiger partial charge in [0, 0.05) is 36.5 Å². The average molecular weight is 399 g/mol. The summed E-state index contributed by atoms with van der Waals surface area (Å²) in [6.45, 7) is 0.157. The van der Waals surface area contributed by atoms with E-state index in [4.69, 9.17) is 10.2 Å². The Labute approximate surface area is 165 Å². The summed E-state index contributed by atoms with van der Waals surface area (Å²) in [5.41, 5.74) is 2.10. The molecule has 2 unspecified atom stereocenters. The molecule has 0 spiro atoms. The molecule has 2 aromatic rings. The molecule has 1 aliphatic heterocycles. The normalized spacial score (nSPS) is 18.8. The van der Waals surface area contributed by atoms with Crippen LogP contribution >= 0.6 is 0 Å². The molecule has 0 saturated heterocycles. The number of nitrogens with one attached hydrogen (secondary N) is 3. The van der Waals surface area contributed by atoms with Crippen LogP contribution in [-0.2, 0) is 20.8 Å². The minimum atomic E-state index is -1.25. The Bertz CT molecular complexity index is 1010. The van der Waals surface area contributed by atoms with E-state index in [2.05, 4.69) is 15.6 Å². The van der Waals surface area contributed by atoms with Gasteiger partial charge in [0.25, 0.3) is 0 Å². The van der Waals surface area contributed by atoms with E-state index in [-0.39, 0.29) is 25.1 Å². The third-order valence-corrected chi connectivity index (χ3v) is 4.75. The highest BCUT2D eigenvalue weighted by Gasteiger charge is 2.26. The molecule has 29 heavy (non-hydrogen) atoms. The smallest absolute Gasteiger partial charge is 0.351 e. The molecule has 0 saturated carbocycles. The number of allylic oxidation sites excluding steroid dienone is 1. The molecule has 1 aromatic heterocycles. The van der Waals surface area contributed by atoms with Crippen LogP contribution in [0.1, 0.15) is 12.0 Å². The van der Waals surface area contributed by atoms with Gasteiger partial charge in [0.1, 0.15) is 17.8 Å². The quantitative estimate of drug-likeness (QED) is 0.386. The third kappa shape index (κ3) is 4.82. The number of hydrogen-bond donors (Lipinski definition) is 6. The second-order valence-electron chi connectivity index (χ2n) is 6.74. The van der Waals surface area contributed by atoms with Crippen LogP contribution in [0.2, 0.25) is 0 Å². The fourth-order valence-electron chi connectivity index (χ4n) is 3.27. The Kier molecular flexibility index (Phi) is 5.99. The molecular formula is C20H21N3O6. The van der Waals surface area contributed by atoms with Crippen LogP contribution in [0.15, 0.2) is 53.9 Å². The van der Waals surface area contributed by atoms with Crippen molar-refractivity contribution in [3.8, 4) is 0 Å². The van der Waals surface area contributed by atoms with Crippen LogP contribution in [0.3, 0.4) is 0 Å². The van der Waals surface area contributed by atoms with E-state index in [1.54, 1.807) is 12.3 Å². The van der Waals surface area contributed by atoms with Gasteiger partial charge in [0.15, 0.2) is 0 Å². The van der Waals surface area contributed by atoms with Crippen molar-refractivity contribution < 1.29 is 29.7 Å². The Morgan fingerprint density at radius 1 is 1.21 bits per heavy atom. The van der Waals surface area contributed by atoms with Crippen LogP contribution in [0.4, 0.5) is 0 Å². The van der Waals surface area contributed by atoms with Crippen molar-refractivity contribution in [1.82, 2.24) is 15.6 Å². The predicted molar refractivity (Wildman–Crippen MR) is 104 cm³/mol. The summed E-state index contributed by atoms with van der Waals surface area (Å²) >= 11 is 0. The molecule has 3 rings (SSSR count). The van der Waals surface area contributed by atoms with E-state index in [1.807, 2.05) is 24.3 Å². The van der Waals surface area contributed by atoms with Crippen LogP contribution in [0.25, 0.3) is 10.9 Å². The van der Waals surface area contributed by atoms with Crippen molar-refractivity contribution in [2.24, 2.45) is 0 Å². The maximum Gasteiger partial charge on any atom is 0.351 e. The first-order valence-corrected chi connectivity index (χ1v) is 8.99. The molecule has 0 aliphatic carbocycles. The Morgan fingerprint density at radius 3 is 2.66 bits per heavy atom. The Morgan fingerprint density at radius 2 is 1.97 bits per heavy atom. The number of carboxylic acids is 3. The van der Waals surface area contributed by atoms with E-state index < -0.39 is 30.0 Å². The molecule has 0 bridgehead atoms. The van der Waals surface area contributed by atoms with Crippen molar-refractivity contribution in [3.63, 3.8) is 0 Å². The molecule has 0 fully saturated rings. The van der Waals surface area contributed by atoms with E-state index in [0.717, 1.165) is 16.5 Å². The molecule has 2 heterocycles.